The molecular weight excluding hydrogens is 263 g/mol. The molecule has 1 heterocycles. The van der Waals surface area contributed by atoms with E-state index in [2.05, 4.69) is 9.72 Å². The molecule has 0 spiro atoms. The highest BCUT2D eigenvalue weighted by Crippen LogP contribution is 2.33. The number of aliphatic hydroxyl groups is 1. The van der Waals surface area contributed by atoms with E-state index in [1.54, 1.807) is 0 Å². The maximum Gasteiger partial charge on any atom is 0.573 e. The van der Waals surface area contributed by atoms with Gasteiger partial charge >= 0.3 is 6.36 Å². The van der Waals surface area contributed by atoms with Crippen LogP contribution in [0, 0.1) is 0 Å². The minimum absolute atomic E-state index is 0.0962. The maximum atomic E-state index is 12.5. The molecule has 0 aliphatic rings. The van der Waals surface area contributed by atoms with Crippen LogP contribution in [-0.4, -0.2) is 16.5 Å². The predicted molar refractivity (Wildman–Crippen MR) is 49.7 cm³/mol. The molecule has 0 aromatic carbocycles. The van der Waals surface area contributed by atoms with E-state index in [0.717, 1.165) is 0 Å². The van der Waals surface area contributed by atoms with E-state index >= 15 is 0 Å². The number of alkyl halides is 5. The number of pyridine rings is 1. The van der Waals surface area contributed by atoms with Crippen LogP contribution in [0.2, 0.25) is 0 Å². The van der Waals surface area contributed by atoms with Gasteiger partial charge in [-0.3, -0.25) is 0 Å². The summed E-state index contributed by atoms with van der Waals surface area (Å²) in [5.74, 6) is -1.14. The summed E-state index contributed by atoms with van der Waals surface area (Å²) in [6.45, 7) is -0.973. The summed E-state index contributed by atoms with van der Waals surface area (Å²) >= 11 is 0. The Balaban J connectivity index is 3.29. The van der Waals surface area contributed by atoms with Crippen molar-refractivity contribution in [3.05, 3.63) is 23.0 Å². The lowest BCUT2D eigenvalue weighted by atomic mass is 10.1. The van der Waals surface area contributed by atoms with Crippen LogP contribution in [0.25, 0.3) is 0 Å². The number of aliphatic hydroxyl groups excluding tert-OH is 1. The summed E-state index contributed by atoms with van der Waals surface area (Å²) in [6.07, 6.45) is -8.37. The second kappa shape index (κ2) is 5.44. The topological polar surface area (TPSA) is 68.4 Å². The molecule has 0 fully saturated rings. The number of nitrogens with two attached hydrogens (primary N) is 1. The van der Waals surface area contributed by atoms with E-state index in [9.17, 15) is 22.0 Å². The van der Waals surface area contributed by atoms with E-state index in [-0.39, 0.29) is 17.8 Å². The van der Waals surface area contributed by atoms with E-state index in [0.29, 0.717) is 6.07 Å². The summed E-state index contributed by atoms with van der Waals surface area (Å²) in [5.41, 5.74) is 3.82. The molecule has 0 unspecified atom stereocenters. The van der Waals surface area contributed by atoms with Crippen molar-refractivity contribution in [1.29, 1.82) is 0 Å². The third-order valence-electron chi connectivity index (χ3n) is 1.98. The van der Waals surface area contributed by atoms with Gasteiger partial charge in [-0.25, -0.2) is 13.8 Å². The zero-order valence-electron chi connectivity index (χ0n) is 8.84. The Morgan fingerprint density at radius 3 is 2.39 bits per heavy atom. The molecule has 1 rings (SSSR count). The van der Waals surface area contributed by atoms with Gasteiger partial charge in [-0.2, -0.15) is 0 Å². The first-order chi connectivity index (χ1) is 8.28. The maximum absolute atomic E-state index is 12.5. The molecule has 0 aliphatic carbocycles. The lowest BCUT2D eigenvalue weighted by molar-refractivity contribution is -0.275. The van der Waals surface area contributed by atoms with Crippen molar-refractivity contribution in [2.45, 2.75) is 25.9 Å². The number of rotatable bonds is 4. The van der Waals surface area contributed by atoms with Gasteiger partial charge < -0.3 is 15.6 Å². The average molecular weight is 272 g/mol. The monoisotopic (exact) mass is 272 g/mol. The molecular formula is C9H9F5N2O2. The number of halogens is 5. The number of hydrogen-bond acceptors (Lipinski definition) is 4. The van der Waals surface area contributed by atoms with Crippen LogP contribution in [0.3, 0.4) is 0 Å². The third kappa shape index (κ3) is 3.50. The first-order valence-corrected chi connectivity index (χ1v) is 4.66. The molecule has 18 heavy (non-hydrogen) atoms. The van der Waals surface area contributed by atoms with E-state index < -0.39 is 30.8 Å². The second-order valence-corrected chi connectivity index (χ2v) is 3.19. The van der Waals surface area contributed by atoms with Crippen LogP contribution < -0.4 is 10.5 Å². The summed E-state index contributed by atoms with van der Waals surface area (Å²) < 4.78 is 64.6. The van der Waals surface area contributed by atoms with Crippen LogP contribution in [0.15, 0.2) is 6.07 Å². The molecule has 0 amide bonds. The summed E-state index contributed by atoms with van der Waals surface area (Å²) in [5, 5.41) is 8.88. The van der Waals surface area contributed by atoms with Gasteiger partial charge in [-0.15, -0.1) is 13.2 Å². The Bertz CT molecular complexity index is 422. The van der Waals surface area contributed by atoms with Crippen LogP contribution in [0.1, 0.15) is 23.4 Å². The fourth-order valence-electron chi connectivity index (χ4n) is 1.26. The first kappa shape index (κ1) is 14.6. The Kier molecular flexibility index (Phi) is 4.41. The fraction of sp³-hybridized carbons (Fsp3) is 0.444. The minimum atomic E-state index is -5.12. The number of nitrogens with zero attached hydrogens (tertiary/aromatic N) is 1. The van der Waals surface area contributed by atoms with Crippen molar-refractivity contribution in [2.24, 2.45) is 5.73 Å². The van der Waals surface area contributed by atoms with Gasteiger partial charge in [0.05, 0.1) is 12.3 Å². The molecule has 4 nitrogen and oxygen atoms in total. The largest absolute Gasteiger partial charge is 0.573 e. The second-order valence-electron chi connectivity index (χ2n) is 3.19. The van der Waals surface area contributed by atoms with Gasteiger partial charge in [0.1, 0.15) is 5.69 Å². The molecule has 1 aromatic heterocycles. The van der Waals surface area contributed by atoms with E-state index in [1.165, 1.54) is 0 Å². The molecule has 0 aliphatic heterocycles. The van der Waals surface area contributed by atoms with Crippen LogP contribution in [0.4, 0.5) is 22.0 Å². The lowest BCUT2D eigenvalue weighted by Crippen LogP contribution is -2.20. The molecule has 0 bridgehead atoms. The summed E-state index contributed by atoms with van der Waals surface area (Å²) in [6, 6.07) is 0.657. The average Bonchev–Trinajstić information content (AvgIpc) is 2.25. The minimum Gasteiger partial charge on any atom is -0.404 e. The van der Waals surface area contributed by atoms with E-state index in [4.69, 9.17) is 10.8 Å². The summed E-state index contributed by atoms with van der Waals surface area (Å²) in [7, 11) is 0. The normalized spacial score (nSPS) is 12.0. The zero-order chi connectivity index (χ0) is 13.9. The standard InChI is InChI=1S/C9H9F5N2O2/c10-8(11)7-6(18-9(12,13)14)1-4(3-17)5(2-15)16-7/h1,8,17H,2-3,15H2. The zero-order valence-corrected chi connectivity index (χ0v) is 8.84. The lowest BCUT2D eigenvalue weighted by Gasteiger charge is -2.15. The Hall–Kier alpha value is -1.48. The van der Waals surface area contributed by atoms with Crippen molar-refractivity contribution < 1.29 is 31.8 Å². The molecule has 0 radical (unpaired) electrons. The van der Waals surface area contributed by atoms with Gasteiger partial charge in [0, 0.05) is 12.1 Å². The molecule has 0 saturated heterocycles. The number of ether oxygens (including phenoxy) is 1. The molecule has 102 valence electrons. The Morgan fingerprint density at radius 2 is 2.00 bits per heavy atom. The highest BCUT2D eigenvalue weighted by molar-refractivity contribution is 5.36. The molecule has 3 N–H and O–H groups in total. The predicted octanol–water partition coefficient (Wildman–Crippen LogP) is 1.87. The smallest absolute Gasteiger partial charge is 0.404 e. The number of hydrogen-bond donors (Lipinski definition) is 2. The number of aromatic nitrogens is 1. The molecule has 0 atom stereocenters. The van der Waals surface area contributed by atoms with Crippen LogP contribution in [0.5, 0.6) is 5.75 Å². The van der Waals surface area contributed by atoms with Crippen molar-refractivity contribution in [2.75, 3.05) is 0 Å². The van der Waals surface area contributed by atoms with Crippen LogP contribution in [-0.2, 0) is 13.2 Å². The van der Waals surface area contributed by atoms with Gasteiger partial charge in [-0.05, 0) is 6.07 Å². The SMILES string of the molecule is NCc1nc(C(F)F)c(OC(F)(F)F)cc1CO. The van der Waals surface area contributed by atoms with Gasteiger partial charge in [-0.1, -0.05) is 0 Å². The Morgan fingerprint density at radius 1 is 1.39 bits per heavy atom. The van der Waals surface area contributed by atoms with Gasteiger partial charge in [0.25, 0.3) is 6.43 Å². The van der Waals surface area contributed by atoms with Gasteiger partial charge in [0.15, 0.2) is 5.75 Å². The molecule has 9 heteroatoms. The van der Waals surface area contributed by atoms with Crippen molar-refractivity contribution in [1.82, 2.24) is 4.98 Å². The highest BCUT2D eigenvalue weighted by Gasteiger charge is 2.34. The van der Waals surface area contributed by atoms with Crippen molar-refractivity contribution in [3.8, 4) is 5.75 Å². The van der Waals surface area contributed by atoms with Gasteiger partial charge in [0.2, 0.25) is 0 Å². The van der Waals surface area contributed by atoms with Crippen molar-refractivity contribution >= 4 is 0 Å². The fourth-order valence-corrected chi connectivity index (χ4v) is 1.26. The Labute approximate surface area is 98.2 Å². The highest BCUT2D eigenvalue weighted by atomic mass is 19.4. The van der Waals surface area contributed by atoms with E-state index in [1.807, 2.05) is 0 Å². The molecule has 0 saturated carbocycles. The molecule has 1 aromatic rings. The first-order valence-electron chi connectivity index (χ1n) is 4.66. The quantitative estimate of drug-likeness (QED) is 0.821. The van der Waals surface area contributed by atoms with Crippen LogP contribution >= 0.6 is 0 Å². The van der Waals surface area contributed by atoms with Crippen molar-refractivity contribution in [3.63, 3.8) is 0 Å². The third-order valence-corrected chi connectivity index (χ3v) is 1.98. The summed E-state index contributed by atoms with van der Waals surface area (Å²) in [4.78, 5) is 3.29.